The molecule has 0 aromatic heterocycles. The van der Waals surface area contributed by atoms with Gasteiger partial charge in [0.1, 0.15) is 0 Å². The summed E-state index contributed by atoms with van der Waals surface area (Å²) in [4.78, 5) is 31.1. The largest absolute Gasteiger partial charge is 1.00 e. The maximum Gasteiger partial charge on any atom is 1.00 e. The smallest absolute Gasteiger partial charge is 1.00 e. The first kappa shape index (κ1) is 28.5. The number of hydrogen-bond acceptors (Lipinski definition) is 7. The van der Waals surface area contributed by atoms with Crippen LogP contribution >= 0.6 is 9.19 Å². The third-order valence-electron chi connectivity index (χ3n) is 1.37. The molecule has 0 N–H and O–H groups in total. The average molecular weight is 489 g/mol. The van der Waals surface area contributed by atoms with Crippen LogP contribution in [0.2, 0.25) is 0 Å². The molecule has 0 atom stereocenters. The van der Waals surface area contributed by atoms with E-state index in [1.807, 2.05) is 0 Å². The normalized spacial score (nSPS) is 9.39. The molecule has 0 saturated carbocycles. The number of halogens is 1. The van der Waals surface area contributed by atoms with Gasteiger partial charge in [-0.3, -0.25) is 0 Å². The molecular weight excluding hydrogens is 485 g/mol. The van der Waals surface area contributed by atoms with E-state index >= 15 is 0 Å². The van der Waals surface area contributed by atoms with E-state index in [0.29, 0.717) is 0 Å². The number of carbonyl (C=O) groups is 3. The molecule has 7 nitrogen and oxygen atoms in total. The summed E-state index contributed by atoms with van der Waals surface area (Å²) in [5, 5.41) is 31.1. The molecule has 18 heavy (non-hydrogen) atoms. The van der Waals surface area contributed by atoms with Gasteiger partial charge in [-0.2, -0.15) is 0 Å². The van der Waals surface area contributed by atoms with Crippen LogP contribution in [0, 0.1) is 0 Å². The summed E-state index contributed by atoms with van der Waals surface area (Å²) in [6.45, 7) is 0. The van der Waals surface area contributed by atoms with Crippen LogP contribution in [0.4, 0.5) is 0 Å². The molecule has 0 aromatic carbocycles. The van der Waals surface area contributed by atoms with Crippen LogP contribution in [0.3, 0.4) is 0 Å². The number of carbonyl (C=O) groups excluding carboxylic acids is 3. The Hall–Kier alpha value is 2.40. The molecule has 0 amide bonds. The molecule has 0 spiro atoms. The van der Waals surface area contributed by atoms with Crippen molar-refractivity contribution in [2.75, 3.05) is 0 Å². The Bertz CT molecular complexity index is 274. The Balaban J connectivity index is -0.000000327. The topological polar surface area (TPSA) is 130 Å². The number of carboxylic acids is 3. The van der Waals surface area contributed by atoms with Crippen LogP contribution in [0.25, 0.3) is 0 Å². The van der Waals surface area contributed by atoms with Crippen LogP contribution in [0.5, 0.6) is 0 Å². The number of hydrogen-bond donors (Lipinski definition) is 0. The van der Waals surface area contributed by atoms with E-state index in [9.17, 15) is 29.7 Å². The van der Waals surface area contributed by atoms with Crippen molar-refractivity contribution in [3.8, 4) is 0 Å². The van der Waals surface area contributed by atoms with Gasteiger partial charge in [-0.1, -0.05) is 0 Å². The zero-order chi connectivity index (χ0) is 12.1. The second-order valence-corrected chi connectivity index (χ2v) is 4.03. The molecule has 0 rings (SSSR count). The Kier molecular flexibility index (Phi) is 22.7. The van der Waals surface area contributed by atoms with Gasteiger partial charge in [-0.05, 0) is 0 Å². The van der Waals surface area contributed by atoms with E-state index in [-0.39, 0.29) is 88.7 Å². The Morgan fingerprint density at radius 1 is 1.00 bits per heavy atom. The fourth-order valence-corrected chi connectivity index (χ4v) is 2.33. The first-order valence-electron chi connectivity index (χ1n) is 3.33. The van der Waals surface area contributed by atoms with Gasteiger partial charge in [0.25, 0.3) is 0 Å². The van der Waals surface area contributed by atoms with Crippen molar-refractivity contribution in [3.63, 3.8) is 0 Å². The van der Waals surface area contributed by atoms with Gasteiger partial charge in [0.05, 0.1) is 0 Å². The van der Waals surface area contributed by atoms with E-state index < -0.39 is 55.4 Å². The third-order valence-corrected chi connectivity index (χ3v) is 2.77. The molecule has 0 saturated heterocycles. The second-order valence-electron chi connectivity index (χ2n) is 2.49. The maximum atomic E-state index is 10.6. The molecule has 0 heterocycles. The molecule has 0 radical (unpaired) electrons. The predicted molar refractivity (Wildman–Crippen MR) is 33.9 cm³/mol. The van der Waals surface area contributed by atoms with Crippen molar-refractivity contribution in [2.24, 2.45) is 0 Å². The summed E-state index contributed by atoms with van der Waals surface area (Å²) in [7, 11) is 5.15. The summed E-state index contributed by atoms with van der Waals surface area (Å²) in [5.41, 5.74) is -2.51. The summed E-state index contributed by atoms with van der Waals surface area (Å²) >= 11 is -1.50. The van der Waals surface area contributed by atoms with Crippen LogP contribution < -0.4 is 104 Å². The van der Waals surface area contributed by atoms with Gasteiger partial charge < -0.3 is 0 Å². The van der Waals surface area contributed by atoms with E-state index in [4.69, 9.17) is 9.19 Å². The zero-order valence-electron chi connectivity index (χ0n) is 9.95. The van der Waals surface area contributed by atoms with Gasteiger partial charge in [0, 0.05) is 0 Å². The molecule has 0 aliphatic carbocycles. The molecule has 0 aromatic rings. The fourth-order valence-electron chi connectivity index (χ4n) is 0.786. The Labute approximate surface area is 183 Å². The minimum absolute atomic E-state index is 0. The first-order chi connectivity index (χ1) is 6.84. The predicted octanol–water partition coefficient (Wildman–Crippen LogP) is -13.1. The number of carboxylic acid groups (broad SMARTS) is 3. The molecule has 0 aliphatic rings. The van der Waals surface area contributed by atoms with Crippen LogP contribution in [0.1, 0.15) is 12.8 Å². The van der Waals surface area contributed by atoms with E-state index in [0.717, 1.165) is 0 Å². The summed E-state index contributed by atoms with van der Waals surface area (Å²) in [5.74, 6) is -5.55. The van der Waals surface area contributed by atoms with Gasteiger partial charge in [0.2, 0.25) is 0 Å². The minimum Gasteiger partial charge on any atom is 1.00 e. The molecule has 0 aliphatic heterocycles. The fraction of sp³-hybridized carbons (Fsp3) is 0.500. The van der Waals surface area contributed by atoms with Crippen molar-refractivity contribution in [1.82, 2.24) is 0 Å². The van der Waals surface area contributed by atoms with Gasteiger partial charge in [-0.15, -0.1) is 0 Å². The second kappa shape index (κ2) is 14.3. The van der Waals surface area contributed by atoms with Gasteiger partial charge in [-0.25, -0.2) is 0 Å². The summed E-state index contributed by atoms with van der Waals surface area (Å²) in [6, 6.07) is 0. The quantitative estimate of drug-likeness (QED) is 0.325. The van der Waals surface area contributed by atoms with Crippen molar-refractivity contribution in [3.05, 3.63) is 0 Å². The van der Waals surface area contributed by atoms with Crippen LogP contribution in [-0.4, -0.2) is 23.5 Å². The molecule has 0 bridgehead atoms. The zero-order valence-corrected chi connectivity index (χ0v) is 18.9. The third kappa shape index (κ3) is 11.1. The summed E-state index contributed by atoms with van der Waals surface area (Å²) in [6.07, 6.45) is -2.32. The van der Waals surface area contributed by atoms with E-state index in [1.54, 1.807) is 0 Å². The molecular formula is C6H4AuClNa3O7. The maximum absolute atomic E-state index is 10.6. The number of aliphatic carboxylic acids is 3. The van der Waals surface area contributed by atoms with Crippen molar-refractivity contribution in [2.45, 2.75) is 18.4 Å². The molecule has 0 unspecified atom stereocenters. The van der Waals surface area contributed by atoms with E-state index in [1.165, 1.54) is 0 Å². The number of rotatable bonds is 7. The van der Waals surface area contributed by atoms with Crippen LogP contribution in [0.15, 0.2) is 0 Å². The molecule has 0 fully saturated rings. The Morgan fingerprint density at radius 3 is 1.50 bits per heavy atom. The Morgan fingerprint density at radius 2 is 1.33 bits per heavy atom. The first-order valence-corrected chi connectivity index (χ1v) is 6.90. The van der Waals surface area contributed by atoms with Crippen molar-refractivity contribution >= 4 is 27.1 Å². The SMILES string of the molecule is O=C([O-])CC(CC(=O)[O-])([O][Au][Cl])C(=O)[O-].[Na+].[Na+].[Na+]. The minimum atomic E-state index is -2.51. The van der Waals surface area contributed by atoms with Crippen LogP contribution in [-0.2, 0) is 36.7 Å². The standard InChI is InChI=1S/C6H7O7.Au.ClH.3Na/c7-3(8)1-6(13,5(11)12)2-4(9)10;;;;;/h1-2H2,(H,7,8)(H,9,10)(H,11,12);;1H;;;/q-1;+2;;3*+1/p-4. The van der Waals surface area contributed by atoms with E-state index in [2.05, 4.69) is 3.24 Å². The van der Waals surface area contributed by atoms with Gasteiger partial charge >= 0.3 is 186 Å². The molecule has 12 heteroatoms. The van der Waals surface area contributed by atoms with Crippen molar-refractivity contribution < 1.29 is 141 Å². The monoisotopic (exact) mass is 489 g/mol. The summed E-state index contributed by atoms with van der Waals surface area (Å²) < 4.78 is 4.47. The molecule has 91 valence electrons. The van der Waals surface area contributed by atoms with Gasteiger partial charge in [0.15, 0.2) is 0 Å². The van der Waals surface area contributed by atoms with Crippen molar-refractivity contribution in [1.29, 1.82) is 0 Å². The average Bonchev–Trinajstić information content (AvgIpc) is 2.01.